The Morgan fingerprint density at radius 3 is 2.57 bits per heavy atom. The van der Waals surface area contributed by atoms with E-state index in [1.807, 2.05) is 13.8 Å². The van der Waals surface area contributed by atoms with Crippen LogP contribution < -0.4 is 15.3 Å². The highest BCUT2D eigenvalue weighted by Gasteiger charge is 2.37. The highest BCUT2D eigenvalue weighted by Crippen LogP contribution is 2.40. The smallest absolute Gasteiger partial charge is 0.350 e. The van der Waals surface area contributed by atoms with Gasteiger partial charge in [0.15, 0.2) is 5.13 Å². The van der Waals surface area contributed by atoms with E-state index in [9.17, 15) is 13.6 Å². The summed E-state index contributed by atoms with van der Waals surface area (Å²) in [4.78, 5) is 19.4. The van der Waals surface area contributed by atoms with E-state index in [2.05, 4.69) is 21.1 Å². The Hall–Kier alpha value is -4.04. The van der Waals surface area contributed by atoms with Gasteiger partial charge >= 0.3 is 5.69 Å². The molecule has 0 aliphatic carbocycles. The molecule has 0 spiro atoms. The maximum absolute atomic E-state index is 14.0. The van der Waals surface area contributed by atoms with E-state index >= 15 is 0 Å². The molecule has 0 unspecified atom stereocenters. The lowest BCUT2D eigenvalue weighted by Gasteiger charge is -2.42. The van der Waals surface area contributed by atoms with Crippen LogP contribution in [0.4, 0.5) is 13.9 Å². The van der Waals surface area contributed by atoms with Crippen molar-refractivity contribution in [2.45, 2.75) is 26.4 Å². The van der Waals surface area contributed by atoms with Crippen LogP contribution in [0.25, 0.3) is 5.69 Å². The maximum atomic E-state index is 14.0. The van der Waals surface area contributed by atoms with Gasteiger partial charge in [-0.25, -0.2) is 18.6 Å². The molecule has 1 fully saturated rings. The monoisotopic (exact) mass is 494 g/mol. The van der Waals surface area contributed by atoms with Gasteiger partial charge in [0.25, 0.3) is 0 Å². The van der Waals surface area contributed by atoms with Crippen molar-refractivity contribution in [2.75, 3.05) is 11.4 Å². The van der Waals surface area contributed by atoms with Crippen LogP contribution in [0, 0.1) is 35.8 Å². The number of ether oxygens (including phenoxy) is 1. The number of rotatable bonds is 6. The summed E-state index contributed by atoms with van der Waals surface area (Å²) in [6.07, 6.45) is 1.24. The zero-order valence-electron chi connectivity index (χ0n) is 18.9. The van der Waals surface area contributed by atoms with Crippen molar-refractivity contribution >= 4 is 16.5 Å². The number of nitriles is 1. The first-order chi connectivity index (χ1) is 16.9. The molecule has 5 rings (SSSR count). The van der Waals surface area contributed by atoms with Crippen molar-refractivity contribution < 1.29 is 13.5 Å². The molecular weight excluding hydrogens is 474 g/mol. The first kappa shape index (κ1) is 22.7. The molecule has 0 bridgehead atoms. The van der Waals surface area contributed by atoms with Gasteiger partial charge in [-0.3, -0.25) is 4.57 Å². The quantitative estimate of drug-likeness (QED) is 0.398. The van der Waals surface area contributed by atoms with Gasteiger partial charge < -0.3 is 9.64 Å². The second kappa shape index (κ2) is 8.96. The van der Waals surface area contributed by atoms with E-state index < -0.39 is 17.3 Å². The predicted molar refractivity (Wildman–Crippen MR) is 126 cm³/mol. The van der Waals surface area contributed by atoms with Gasteiger partial charge in [0.05, 0.1) is 29.9 Å². The fourth-order valence-electron chi connectivity index (χ4n) is 3.83. The average molecular weight is 495 g/mol. The molecule has 8 nitrogen and oxygen atoms in total. The normalized spacial score (nSPS) is 17.2. The SMILES string of the molecule is Cc1nc(N2C[C@@H](C#N)[C@@H]2C)sc1Oc1ccc(-n2ncn(Cc3c(F)cccc3F)c2=O)cc1. The first-order valence-corrected chi connectivity index (χ1v) is 11.7. The van der Waals surface area contributed by atoms with Gasteiger partial charge in [0.2, 0.25) is 5.06 Å². The van der Waals surface area contributed by atoms with Gasteiger partial charge in [-0.05, 0) is 50.2 Å². The minimum Gasteiger partial charge on any atom is -0.445 e. The van der Waals surface area contributed by atoms with Crippen molar-refractivity contribution in [1.82, 2.24) is 19.3 Å². The van der Waals surface area contributed by atoms with Crippen LogP contribution in [0.2, 0.25) is 0 Å². The van der Waals surface area contributed by atoms with Gasteiger partial charge in [-0.15, -0.1) is 0 Å². The number of aryl methyl sites for hydroxylation is 1. The molecule has 35 heavy (non-hydrogen) atoms. The van der Waals surface area contributed by atoms with Crippen LogP contribution in [0.15, 0.2) is 53.6 Å². The fraction of sp³-hybridized carbons (Fsp3) is 0.250. The third-order valence-corrected chi connectivity index (χ3v) is 7.11. The van der Waals surface area contributed by atoms with E-state index in [1.54, 1.807) is 24.3 Å². The molecule has 2 aromatic heterocycles. The molecule has 4 aromatic rings. The second-order valence-corrected chi connectivity index (χ2v) is 9.19. The number of aromatic nitrogens is 4. The summed E-state index contributed by atoms with van der Waals surface area (Å²) >= 11 is 1.42. The molecule has 3 heterocycles. The van der Waals surface area contributed by atoms with Crippen LogP contribution >= 0.6 is 11.3 Å². The van der Waals surface area contributed by atoms with E-state index in [-0.39, 0.29) is 24.1 Å². The molecule has 11 heteroatoms. The van der Waals surface area contributed by atoms with Gasteiger partial charge in [-0.1, -0.05) is 17.4 Å². The van der Waals surface area contributed by atoms with Crippen LogP contribution in [-0.2, 0) is 6.54 Å². The number of halogens is 2. The Morgan fingerprint density at radius 2 is 1.91 bits per heavy atom. The van der Waals surface area contributed by atoms with Crippen LogP contribution in [0.1, 0.15) is 18.2 Å². The van der Waals surface area contributed by atoms with E-state index in [0.717, 1.165) is 32.2 Å². The fourth-order valence-corrected chi connectivity index (χ4v) is 4.87. The lowest BCUT2D eigenvalue weighted by Crippen LogP contribution is -2.54. The number of nitrogens with zero attached hydrogens (tertiary/aromatic N) is 6. The summed E-state index contributed by atoms with van der Waals surface area (Å²) in [7, 11) is 0. The van der Waals surface area contributed by atoms with E-state index in [0.29, 0.717) is 23.0 Å². The minimum absolute atomic E-state index is 0.00809. The van der Waals surface area contributed by atoms with Crippen LogP contribution in [-0.4, -0.2) is 31.9 Å². The van der Waals surface area contributed by atoms with Crippen molar-refractivity contribution in [3.63, 3.8) is 0 Å². The number of hydrogen-bond acceptors (Lipinski definition) is 7. The molecule has 0 radical (unpaired) electrons. The first-order valence-electron chi connectivity index (χ1n) is 10.8. The Morgan fingerprint density at radius 1 is 1.20 bits per heavy atom. The van der Waals surface area contributed by atoms with Crippen molar-refractivity contribution in [2.24, 2.45) is 5.92 Å². The van der Waals surface area contributed by atoms with Crippen molar-refractivity contribution in [3.8, 4) is 22.6 Å². The summed E-state index contributed by atoms with van der Waals surface area (Å²) in [5.74, 6) is -0.879. The molecule has 2 aromatic carbocycles. The Bertz CT molecular complexity index is 1470. The lowest BCUT2D eigenvalue weighted by atomic mass is 9.92. The Kier molecular flexibility index (Phi) is 5.82. The molecule has 178 valence electrons. The number of hydrogen-bond donors (Lipinski definition) is 0. The zero-order valence-corrected chi connectivity index (χ0v) is 19.7. The lowest BCUT2D eigenvalue weighted by molar-refractivity contribution is 0.386. The molecule has 0 amide bonds. The predicted octanol–water partition coefficient (Wildman–Crippen LogP) is 4.27. The largest absolute Gasteiger partial charge is 0.445 e. The summed E-state index contributed by atoms with van der Waals surface area (Å²) < 4.78 is 36.2. The molecule has 1 aliphatic rings. The van der Waals surface area contributed by atoms with E-state index in [4.69, 9.17) is 10.00 Å². The summed E-state index contributed by atoms with van der Waals surface area (Å²) in [6.45, 7) is 4.25. The van der Waals surface area contributed by atoms with Crippen molar-refractivity contribution in [1.29, 1.82) is 5.26 Å². The molecular formula is C24H20F2N6O2S. The molecule has 0 N–H and O–H groups in total. The Labute approximate surface area is 203 Å². The Balaban J connectivity index is 1.31. The maximum Gasteiger partial charge on any atom is 0.350 e. The average Bonchev–Trinajstić information content (AvgIpc) is 3.38. The summed E-state index contributed by atoms with van der Waals surface area (Å²) in [5.41, 5.74) is 0.502. The summed E-state index contributed by atoms with van der Waals surface area (Å²) in [5, 5.41) is 14.6. The van der Waals surface area contributed by atoms with E-state index in [1.165, 1.54) is 23.7 Å². The minimum atomic E-state index is -0.721. The second-order valence-electron chi connectivity index (χ2n) is 8.25. The topological polar surface area (TPSA) is 89.0 Å². The summed E-state index contributed by atoms with van der Waals surface area (Å²) in [6, 6.07) is 12.7. The van der Waals surface area contributed by atoms with Gasteiger partial charge in [0, 0.05) is 18.2 Å². The highest BCUT2D eigenvalue weighted by atomic mass is 32.1. The van der Waals surface area contributed by atoms with Crippen LogP contribution in [0.5, 0.6) is 10.8 Å². The van der Waals surface area contributed by atoms with Crippen molar-refractivity contribution in [3.05, 3.63) is 82.2 Å². The third-order valence-electron chi connectivity index (χ3n) is 6.04. The molecule has 0 saturated carbocycles. The van der Waals surface area contributed by atoms with Crippen LogP contribution in [0.3, 0.4) is 0 Å². The highest BCUT2D eigenvalue weighted by molar-refractivity contribution is 7.17. The molecule has 1 saturated heterocycles. The number of thiazole rings is 1. The van der Waals surface area contributed by atoms with Gasteiger partial charge in [-0.2, -0.15) is 15.0 Å². The third kappa shape index (κ3) is 4.17. The number of anilines is 1. The molecule has 1 aliphatic heterocycles. The number of benzene rings is 2. The zero-order chi connectivity index (χ0) is 24.7. The van der Waals surface area contributed by atoms with Gasteiger partial charge in [0.1, 0.15) is 23.7 Å². The standard InChI is InChI=1S/C24H20F2N6O2S/c1-14-22(35-23(29-14)31-11-16(10-27)15(31)2)34-18-8-6-17(7-9-18)32-24(33)30(13-28-32)12-19-20(25)4-3-5-21(19)26/h3-9,13,15-16H,11-12H2,1-2H3/t15-,16+/m0/s1. The molecule has 2 atom stereocenters.